The van der Waals surface area contributed by atoms with Crippen molar-refractivity contribution >= 4 is 23.5 Å². The average Bonchev–Trinajstić information content (AvgIpc) is 1.82. The van der Waals surface area contributed by atoms with E-state index in [-0.39, 0.29) is 9.74 Å². The van der Waals surface area contributed by atoms with Gasteiger partial charge in [0.15, 0.2) is 0 Å². The van der Waals surface area contributed by atoms with Crippen LogP contribution in [-0.4, -0.2) is 21.2 Å². The summed E-state index contributed by atoms with van der Waals surface area (Å²) in [4.78, 5) is 0.362. The fourth-order valence-corrected chi connectivity index (χ4v) is 3.68. The third-order valence-corrected chi connectivity index (χ3v) is 3.84. The van der Waals surface area contributed by atoms with Crippen LogP contribution in [0.2, 0.25) is 0 Å². The van der Waals surface area contributed by atoms with Crippen molar-refractivity contribution in [2.45, 2.75) is 51.3 Å². The van der Waals surface area contributed by atoms with Gasteiger partial charge in [0.2, 0.25) is 0 Å². The van der Waals surface area contributed by atoms with Crippen molar-refractivity contribution in [3.63, 3.8) is 0 Å². The molecule has 0 radical (unpaired) electrons. The molecule has 0 bridgehead atoms. The van der Waals surface area contributed by atoms with E-state index < -0.39 is 0 Å². The van der Waals surface area contributed by atoms with E-state index in [1.165, 1.54) is 0 Å². The first kappa shape index (κ1) is 13.7. The van der Waals surface area contributed by atoms with Gasteiger partial charge in [-0.05, 0) is 39.2 Å². The molecule has 0 aromatic carbocycles. The van der Waals surface area contributed by atoms with Crippen molar-refractivity contribution in [1.82, 2.24) is 5.32 Å². The smallest absolute Gasteiger partial charge is 0.0598 e. The highest BCUT2D eigenvalue weighted by Crippen LogP contribution is 2.29. The van der Waals surface area contributed by atoms with Crippen molar-refractivity contribution in [3.05, 3.63) is 0 Å². The molecular formula is C10H23NS2. The average molecular weight is 221 g/mol. The number of nitrogens with one attached hydrogen (secondary N) is 1. The van der Waals surface area contributed by atoms with Crippen LogP contribution in [0, 0.1) is 0 Å². The van der Waals surface area contributed by atoms with Crippen LogP contribution in [0.1, 0.15) is 41.5 Å². The molecule has 0 atom stereocenters. The highest BCUT2D eigenvalue weighted by molar-refractivity contribution is 8.01. The lowest BCUT2D eigenvalue weighted by atomic mass is 10.3. The van der Waals surface area contributed by atoms with E-state index in [9.17, 15) is 0 Å². The molecule has 0 aromatic heterocycles. The van der Waals surface area contributed by atoms with Gasteiger partial charge in [-0.25, -0.2) is 0 Å². The molecule has 0 unspecified atom stereocenters. The van der Waals surface area contributed by atoms with Crippen molar-refractivity contribution in [2.24, 2.45) is 0 Å². The second kappa shape index (κ2) is 5.52. The first-order valence-electron chi connectivity index (χ1n) is 4.90. The summed E-state index contributed by atoms with van der Waals surface area (Å²) >= 11 is 3.92. The van der Waals surface area contributed by atoms with Crippen LogP contribution >= 0.6 is 23.5 Å². The summed E-state index contributed by atoms with van der Waals surface area (Å²) in [6.07, 6.45) is 0. The Morgan fingerprint density at radius 2 is 1.15 bits per heavy atom. The summed E-state index contributed by atoms with van der Waals surface area (Å²) in [7, 11) is 0. The molecule has 0 fully saturated rings. The minimum Gasteiger partial charge on any atom is -0.289 e. The van der Waals surface area contributed by atoms with Gasteiger partial charge in [0.25, 0.3) is 0 Å². The zero-order valence-corrected chi connectivity index (χ0v) is 11.4. The molecular weight excluding hydrogens is 198 g/mol. The predicted octanol–water partition coefficient (Wildman–Crippen LogP) is 3.55. The normalized spacial score (nSPS) is 13.4. The van der Waals surface area contributed by atoms with Crippen molar-refractivity contribution in [2.75, 3.05) is 11.5 Å². The van der Waals surface area contributed by atoms with Crippen LogP contribution in [0.25, 0.3) is 0 Å². The van der Waals surface area contributed by atoms with E-state index in [1.807, 2.05) is 23.5 Å². The van der Waals surface area contributed by atoms with Gasteiger partial charge in [-0.3, -0.25) is 5.32 Å². The molecule has 0 aliphatic heterocycles. The van der Waals surface area contributed by atoms with Crippen LogP contribution in [-0.2, 0) is 0 Å². The van der Waals surface area contributed by atoms with Crippen LogP contribution in [0.5, 0.6) is 0 Å². The SMILES string of the molecule is CCSC(C)(C)NC(C)(C)SCC. The Labute approximate surface area is 91.8 Å². The zero-order chi connectivity index (χ0) is 10.5. The molecule has 3 heteroatoms. The second-order valence-electron chi connectivity index (χ2n) is 4.01. The van der Waals surface area contributed by atoms with Gasteiger partial charge in [0.05, 0.1) is 9.74 Å². The lowest BCUT2D eigenvalue weighted by Gasteiger charge is -2.36. The molecule has 0 amide bonds. The Kier molecular flexibility index (Phi) is 5.80. The largest absolute Gasteiger partial charge is 0.289 e. The summed E-state index contributed by atoms with van der Waals surface area (Å²) in [5, 5.41) is 3.66. The van der Waals surface area contributed by atoms with Gasteiger partial charge in [-0.15, -0.1) is 23.5 Å². The van der Waals surface area contributed by atoms with Gasteiger partial charge in [-0.1, -0.05) is 13.8 Å². The fraction of sp³-hybridized carbons (Fsp3) is 1.00. The van der Waals surface area contributed by atoms with Crippen molar-refractivity contribution in [1.29, 1.82) is 0 Å². The summed E-state index contributed by atoms with van der Waals surface area (Å²) in [5.74, 6) is 2.32. The molecule has 0 rings (SSSR count). The molecule has 80 valence electrons. The maximum atomic E-state index is 3.66. The third kappa shape index (κ3) is 6.69. The summed E-state index contributed by atoms with van der Waals surface area (Å²) in [6, 6.07) is 0. The van der Waals surface area contributed by atoms with Gasteiger partial charge >= 0.3 is 0 Å². The molecule has 0 saturated heterocycles. The van der Waals surface area contributed by atoms with Gasteiger partial charge in [0.1, 0.15) is 0 Å². The Balaban J connectivity index is 4.07. The van der Waals surface area contributed by atoms with Crippen molar-refractivity contribution < 1.29 is 0 Å². The lowest BCUT2D eigenvalue weighted by molar-refractivity contribution is 0.449. The topological polar surface area (TPSA) is 12.0 Å². The van der Waals surface area contributed by atoms with Gasteiger partial charge in [0, 0.05) is 0 Å². The Hall–Kier alpha value is 0.660. The monoisotopic (exact) mass is 221 g/mol. The van der Waals surface area contributed by atoms with Crippen LogP contribution in [0.3, 0.4) is 0 Å². The molecule has 1 nitrogen and oxygen atoms in total. The Morgan fingerprint density at radius 3 is 1.38 bits per heavy atom. The third-order valence-electron chi connectivity index (χ3n) is 1.61. The highest BCUT2D eigenvalue weighted by Gasteiger charge is 2.26. The van der Waals surface area contributed by atoms with E-state index in [0.717, 1.165) is 11.5 Å². The summed E-state index contributed by atoms with van der Waals surface area (Å²) in [5.41, 5.74) is 0. The first-order valence-corrected chi connectivity index (χ1v) is 6.87. The molecule has 0 aromatic rings. The minimum atomic E-state index is 0.181. The van der Waals surface area contributed by atoms with Crippen molar-refractivity contribution in [3.8, 4) is 0 Å². The maximum absolute atomic E-state index is 3.66. The van der Waals surface area contributed by atoms with E-state index >= 15 is 0 Å². The molecule has 1 N–H and O–H groups in total. The number of hydrogen-bond donors (Lipinski definition) is 1. The quantitative estimate of drug-likeness (QED) is 0.689. The summed E-state index contributed by atoms with van der Waals surface area (Å²) in [6.45, 7) is 13.4. The molecule has 0 aliphatic rings. The molecule has 0 aliphatic carbocycles. The molecule has 0 saturated carbocycles. The van der Waals surface area contributed by atoms with E-state index in [4.69, 9.17) is 0 Å². The lowest BCUT2D eigenvalue weighted by Crippen LogP contribution is -2.48. The minimum absolute atomic E-state index is 0.181. The van der Waals surface area contributed by atoms with E-state index in [0.29, 0.717) is 0 Å². The van der Waals surface area contributed by atoms with Gasteiger partial charge in [-0.2, -0.15) is 0 Å². The van der Waals surface area contributed by atoms with Crippen LogP contribution in [0.4, 0.5) is 0 Å². The standard InChI is InChI=1S/C10H23NS2/c1-7-12-9(3,4)11-10(5,6)13-8-2/h11H,7-8H2,1-6H3. The molecule has 0 heterocycles. The summed E-state index contributed by atoms with van der Waals surface area (Å²) < 4.78 is 0. The van der Waals surface area contributed by atoms with Gasteiger partial charge < -0.3 is 0 Å². The number of thioether (sulfide) groups is 2. The van der Waals surface area contributed by atoms with E-state index in [2.05, 4.69) is 46.9 Å². The maximum Gasteiger partial charge on any atom is 0.0598 e. The first-order chi connectivity index (χ1) is 5.83. The van der Waals surface area contributed by atoms with Crippen LogP contribution in [0.15, 0.2) is 0 Å². The number of hydrogen-bond acceptors (Lipinski definition) is 3. The van der Waals surface area contributed by atoms with Crippen LogP contribution < -0.4 is 5.32 Å². The molecule has 0 spiro atoms. The predicted molar refractivity (Wildman–Crippen MR) is 67.6 cm³/mol. The highest BCUT2D eigenvalue weighted by atomic mass is 32.2. The number of rotatable bonds is 6. The van der Waals surface area contributed by atoms with E-state index in [1.54, 1.807) is 0 Å². The second-order valence-corrected chi connectivity index (χ2v) is 7.78. The zero-order valence-electron chi connectivity index (χ0n) is 9.73. The molecule has 13 heavy (non-hydrogen) atoms. The fourth-order valence-electron chi connectivity index (χ4n) is 1.52. The Morgan fingerprint density at radius 1 is 0.846 bits per heavy atom. The Bertz CT molecular complexity index is 128.